The van der Waals surface area contributed by atoms with Gasteiger partial charge in [-0.15, -0.1) is 0 Å². The van der Waals surface area contributed by atoms with Crippen molar-refractivity contribution >= 4 is 16.1 Å². The summed E-state index contributed by atoms with van der Waals surface area (Å²) >= 11 is 0. The highest BCUT2D eigenvalue weighted by atomic mass is 32.2. The van der Waals surface area contributed by atoms with Crippen LogP contribution in [0.4, 0.5) is 4.79 Å². The van der Waals surface area contributed by atoms with E-state index in [1.165, 1.54) is 19.2 Å². The molecule has 2 aromatic carbocycles. The van der Waals surface area contributed by atoms with Gasteiger partial charge in [-0.1, -0.05) is 12.1 Å². The number of sulfonamides is 1. The molecule has 29 heavy (non-hydrogen) atoms. The van der Waals surface area contributed by atoms with E-state index in [1.807, 2.05) is 18.2 Å². The van der Waals surface area contributed by atoms with Gasteiger partial charge < -0.3 is 24.8 Å². The molecule has 3 rings (SSSR count). The lowest BCUT2D eigenvalue weighted by molar-refractivity contribution is 0.0918. The second kappa shape index (κ2) is 9.48. The average Bonchev–Trinajstić information content (AvgIpc) is 2.75. The van der Waals surface area contributed by atoms with Crippen LogP contribution in [0.2, 0.25) is 0 Å². The number of carbonyl (C=O) groups is 1. The van der Waals surface area contributed by atoms with Gasteiger partial charge in [-0.25, -0.2) is 17.9 Å². The summed E-state index contributed by atoms with van der Waals surface area (Å²) in [4.78, 5) is 12.0. The monoisotopic (exact) mass is 421 g/mol. The molecule has 2 aromatic rings. The van der Waals surface area contributed by atoms with Gasteiger partial charge in [-0.2, -0.15) is 0 Å². The fourth-order valence-electron chi connectivity index (χ4n) is 2.63. The molecule has 10 heteroatoms. The molecule has 0 saturated carbocycles. The second-order valence-corrected chi connectivity index (χ2v) is 7.97. The molecular formula is C19H23N3O6S. The number of ether oxygens (including phenoxy) is 3. The Balaban J connectivity index is 1.35. The van der Waals surface area contributed by atoms with E-state index in [9.17, 15) is 13.2 Å². The lowest BCUT2D eigenvalue weighted by atomic mass is 10.2. The minimum Gasteiger partial charge on any atom is -0.497 e. The predicted octanol–water partition coefficient (Wildman–Crippen LogP) is 1.11. The Morgan fingerprint density at radius 2 is 1.79 bits per heavy atom. The van der Waals surface area contributed by atoms with Crippen LogP contribution in [0.1, 0.15) is 0 Å². The highest BCUT2D eigenvalue weighted by Gasteiger charge is 2.21. The SMILES string of the molecule is COc1ccc(S(=O)(=O)NCCNC(=O)NC[C@H]2COc3ccccc3O2)cc1. The minimum absolute atomic E-state index is 0.0538. The van der Waals surface area contributed by atoms with E-state index < -0.39 is 16.1 Å². The van der Waals surface area contributed by atoms with Gasteiger partial charge in [0.25, 0.3) is 0 Å². The Kier molecular flexibility index (Phi) is 6.78. The summed E-state index contributed by atoms with van der Waals surface area (Å²) in [5.74, 6) is 1.88. The summed E-state index contributed by atoms with van der Waals surface area (Å²) in [6.07, 6.45) is -0.302. The summed E-state index contributed by atoms with van der Waals surface area (Å²) < 4.78 is 43.2. The quantitative estimate of drug-likeness (QED) is 0.550. The number of hydrogen-bond donors (Lipinski definition) is 3. The zero-order valence-corrected chi connectivity index (χ0v) is 16.7. The smallest absolute Gasteiger partial charge is 0.314 e. The fourth-order valence-corrected chi connectivity index (χ4v) is 3.66. The standard InChI is InChI=1S/C19H23N3O6S/c1-26-14-6-8-16(9-7-14)29(24,25)22-11-10-20-19(23)21-12-15-13-27-17-4-2-3-5-18(17)28-15/h2-9,15,22H,10-13H2,1H3,(H2,20,21,23)/t15-/m0/s1. The van der Waals surface area contributed by atoms with Crippen LogP contribution in [0.15, 0.2) is 53.4 Å². The summed E-state index contributed by atoms with van der Waals surface area (Å²) in [6, 6.07) is 12.9. The molecule has 1 heterocycles. The fraction of sp³-hybridized carbons (Fsp3) is 0.316. The second-order valence-electron chi connectivity index (χ2n) is 6.21. The van der Waals surface area contributed by atoms with Crippen LogP contribution >= 0.6 is 0 Å². The van der Waals surface area contributed by atoms with Crippen molar-refractivity contribution in [3.63, 3.8) is 0 Å². The van der Waals surface area contributed by atoms with Crippen molar-refractivity contribution in [3.8, 4) is 17.2 Å². The van der Waals surface area contributed by atoms with Crippen LogP contribution in [0.25, 0.3) is 0 Å². The highest BCUT2D eigenvalue weighted by molar-refractivity contribution is 7.89. The van der Waals surface area contributed by atoms with Gasteiger partial charge in [0.15, 0.2) is 17.6 Å². The number of carbonyl (C=O) groups excluding carboxylic acids is 1. The number of amides is 2. The molecule has 0 bridgehead atoms. The molecule has 0 radical (unpaired) electrons. The highest BCUT2D eigenvalue weighted by Crippen LogP contribution is 2.30. The lowest BCUT2D eigenvalue weighted by Gasteiger charge is -2.26. The third-order valence-electron chi connectivity index (χ3n) is 4.13. The number of fused-ring (bicyclic) bond motifs is 1. The van der Waals surface area contributed by atoms with E-state index in [1.54, 1.807) is 18.2 Å². The Bertz CT molecular complexity index is 933. The van der Waals surface area contributed by atoms with Gasteiger partial charge >= 0.3 is 6.03 Å². The maximum Gasteiger partial charge on any atom is 0.314 e. The predicted molar refractivity (Wildman–Crippen MR) is 106 cm³/mol. The lowest BCUT2D eigenvalue weighted by Crippen LogP contribution is -2.46. The van der Waals surface area contributed by atoms with Gasteiger partial charge in [-0.3, -0.25) is 0 Å². The van der Waals surface area contributed by atoms with Gasteiger partial charge in [0.05, 0.1) is 18.6 Å². The maximum absolute atomic E-state index is 12.2. The number of para-hydroxylation sites is 2. The summed E-state index contributed by atoms with van der Waals surface area (Å²) in [6.45, 7) is 0.779. The van der Waals surface area contributed by atoms with E-state index in [2.05, 4.69) is 15.4 Å². The number of rotatable bonds is 8. The topological polar surface area (TPSA) is 115 Å². The van der Waals surface area contributed by atoms with Crippen LogP contribution in [-0.2, 0) is 10.0 Å². The van der Waals surface area contributed by atoms with Gasteiger partial charge in [0.2, 0.25) is 10.0 Å². The first-order valence-corrected chi connectivity index (χ1v) is 10.5. The molecule has 3 N–H and O–H groups in total. The summed E-state index contributed by atoms with van der Waals surface area (Å²) in [5.41, 5.74) is 0. The molecule has 1 atom stereocenters. The normalized spacial score (nSPS) is 15.4. The molecule has 0 aliphatic carbocycles. The Morgan fingerprint density at radius 1 is 1.07 bits per heavy atom. The van der Waals surface area contributed by atoms with Crippen LogP contribution < -0.4 is 29.6 Å². The van der Waals surface area contributed by atoms with E-state index in [0.717, 1.165) is 0 Å². The molecule has 156 valence electrons. The molecule has 0 aromatic heterocycles. The first kappa shape index (κ1) is 20.7. The van der Waals surface area contributed by atoms with Crippen molar-refractivity contribution < 1.29 is 27.4 Å². The summed E-state index contributed by atoms with van der Waals surface area (Å²) in [7, 11) is -2.15. The molecule has 1 aliphatic heterocycles. The van der Waals surface area contributed by atoms with Gasteiger partial charge in [0.1, 0.15) is 12.4 Å². The van der Waals surface area contributed by atoms with Gasteiger partial charge in [0, 0.05) is 13.1 Å². The van der Waals surface area contributed by atoms with Crippen molar-refractivity contribution in [1.82, 2.24) is 15.4 Å². The van der Waals surface area contributed by atoms with Crippen molar-refractivity contribution in [1.29, 1.82) is 0 Å². The third kappa shape index (κ3) is 5.75. The largest absolute Gasteiger partial charge is 0.497 e. The molecule has 0 fully saturated rings. The number of nitrogens with one attached hydrogen (secondary N) is 3. The molecule has 2 amide bonds. The van der Waals surface area contributed by atoms with Crippen LogP contribution in [0.3, 0.4) is 0 Å². The number of hydrogen-bond acceptors (Lipinski definition) is 6. The molecular weight excluding hydrogens is 398 g/mol. The number of urea groups is 1. The number of benzene rings is 2. The van der Waals surface area contributed by atoms with Crippen LogP contribution in [0.5, 0.6) is 17.2 Å². The van der Waals surface area contributed by atoms with Gasteiger partial charge in [-0.05, 0) is 36.4 Å². The van der Waals surface area contributed by atoms with Crippen molar-refractivity contribution in [2.24, 2.45) is 0 Å². The molecule has 0 unspecified atom stereocenters. The zero-order chi connectivity index (χ0) is 20.7. The van der Waals surface area contributed by atoms with E-state index in [0.29, 0.717) is 23.9 Å². The zero-order valence-electron chi connectivity index (χ0n) is 15.9. The molecule has 0 spiro atoms. The van der Waals surface area contributed by atoms with E-state index in [4.69, 9.17) is 14.2 Å². The van der Waals surface area contributed by atoms with Crippen molar-refractivity contribution in [3.05, 3.63) is 48.5 Å². The third-order valence-corrected chi connectivity index (χ3v) is 5.61. The molecule has 1 aliphatic rings. The maximum atomic E-state index is 12.2. The Morgan fingerprint density at radius 3 is 2.52 bits per heavy atom. The van der Waals surface area contributed by atoms with Crippen LogP contribution in [-0.4, -0.2) is 53.9 Å². The van der Waals surface area contributed by atoms with E-state index in [-0.39, 0.29) is 30.6 Å². The first-order valence-electron chi connectivity index (χ1n) is 9.02. The van der Waals surface area contributed by atoms with Crippen molar-refractivity contribution in [2.75, 3.05) is 33.4 Å². The summed E-state index contributed by atoms with van der Waals surface area (Å²) in [5, 5.41) is 5.27. The molecule has 9 nitrogen and oxygen atoms in total. The Hall–Kier alpha value is -2.98. The number of methoxy groups -OCH3 is 1. The molecule has 0 saturated heterocycles. The van der Waals surface area contributed by atoms with E-state index >= 15 is 0 Å². The first-order chi connectivity index (χ1) is 14.0. The average molecular weight is 421 g/mol. The van der Waals surface area contributed by atoms with Crippen molar-refractivity contribution in [2.45, 2.75) is 11.0 Å². The van der Waals surface area contributed by atoms with Crippen LogP contribution in [0, 0.1) is 0 Å². The Labute approximate surface area is 169 Å². The minimum atomic E-state index is -3.65.